The molecule has 1 saturated carbocycles. The number of nitrogens with two attached hydrogens (primary N) is 1. The second kappa shape index (κ2) is 4.58. The lowest BCUT2D eigenvalue weighted by molar-refractivity contribution is -0.135. The van der Waals surface area contributed by atoms with Crippen LogP contribution in [-0.4, -0.2) is 42.5 Å². The SMILES string of the molecule is CC1(C)CCC(C(N)=O)(N2CCNCC2)CC1. The summed E-state index contributed by atoms with van der Waals surface area (Å²) in [6.45, 7) is 8.41. The van der Waals surface area contributed by atoms with Gasteiger partial charge in [-0.15, -0.1) is 0 Å². The van der Waals surface area contributed by atoms with Crippen LogP contribution in [-0.2, 0) is 4.79 Å². The molecule has 2 aliphatic rings. The standard InChI is InChI=1S/C13H25N3O/c1-12(2)3-5-13(6-4-12,11(14)17)16-9-7-15-8-10-16/h15H,3-10H2,1-2H3,(H2,14,17). The number of piperazine rings is 1. The van der Waals surface area contributed by atoms with E-state index in [1.807, 2.05) is 0 Å². The normalized spacial score (nSPS) is 28.8. The minimum Gasteiger partial charge on any atom is -0.368 e. The maximum Gasteiger partial charge on any atom is 0.237 e. The van der Waals surface area contributed by atoms with Crippen LogP contribution < -0.4 is 11.1 Å². The average molecular weight is 239 g/mol. The highest BCUT2D eigenvalue weighted by Gasteiger charge is 2.46. The second-order valence-corrected chi connectivity index (χ2v) is 6.30. The van der Waals surface area contributed by atoms with Crippen molar-refractivity contribution in [2.75, 3.05) is 26.2 Å². The van der Waals surface area contributed by atoms with Gasteiger partial charge < -0.3 is 11.1 Å². The number of carbonyl (C=O) groups is 1. The van der Waals surface area contributed by atoms with Crippen LogP contribution >= 0.6 is 0 Å². The van der Waals surface area contributed by atoms with Crippen molar-refractivity contribution in [2.45, 2.75) is 45.1 Å². The van der Waals surface area contributed by atoms with Crippen LogP contribution in [0.1, 0.15) is 39.5 Å². The van der Waals surface area contributed by atoms with Crippen LogP contribution in [0.3, 0.4) is 0 Å². The van der Waals surface area contributed by atoms with Crippen molar-refractivity contribution in [3.8, 4) is 0 Å². The van der Waals surface area contributed by atoms with Crippen LogP contribution in [0.15, 0.2) is 0 Å². The molecule has 98 valence electrons. The summed E-state index contributed by atoms with van der Waals surface area (Å²) >= 11 is 0. The molecule has 1 saturated heterocycles. The third-order valence-corrected chi connectivity index (χ3v) is 4.61. The third kappa shape index (κ3) is 2.47. The highest BCUT2D eigenvalue weighted by Crippen LogP contribution is 2.42. The fourth-order valence-corrected chi connectivity index (χ4v) is 3.15. The minimum absolute atomic E-state index is 0.116. The summed E-state index contributed by atoms with van der Waals surface area (Å²) in [4.78, 5) is 14.3. The molecule has 2 fully saturated rings. The van der Waals surface area contributed by atoms with Crippen LogP contribution in [0.2, 0.25) is 0 Å². The predicted molar refractivity (Wildman–Crippen MR) is 68.6 cm³/mol. The first-order valence-corrected chi connectivity index (χ1v) is 6.72. The first-order chi connectivity index (χ1) is 7.96. The Labute approximate surface area is 104 Å². The Morgan fingerprint density at radius 1 is 1.12 bits per heavy atom. The molecular formula is C13H25N3O. The number of nitrogens with zero attached hydrogens (tertiary/aromatic N) is 1. The van der Waals surface area contributed by atoms with Gasteiger partial charge in [-0.1, -0.05) is 13.8 Å². The van der Waals surface area contributed by atoms with E-state index in [9.17, 15) is 4.79 Å². The van der Waals surface area contributed by atoms with Crippen molar-refractivity contribution in [2.24, 2.45) is 11.1 Å². The molecule has 0 atom stereocenters. The highest BCUT2D eigenvalue weighted by atomic mass is 16.1. The molecule has 4 nitrogen and oxygen atoms in total. The first-order valence-electron chi connectivity index (χ1n) is 6.72. The van der Waals surface area contributed by atoms with Gasteiger partial charge in [0.05, 0.1) is 0 Å². The van der Waals surface area contributed by atoms with Gasteiger partial charge in [-0.2, -0.15) is 0 Å². The van der Waals surface area contributed by atoms with E-state index in [-0.39, 0.29) is 11.4 Å². The Morgan fingerprint density at radius 3 is 2.12 bits per heavy atom. The number of amides is 1. The lowest BCUT2D eigenvalue weighted by Gasteiger charge is -2.49. The molecule has 2 rings (SSSR count). The molecule has 3 N–H and O–H groups in total. The van der Waals surface area contributed by atoms with E-state index in [1.165, 1.54) is 0 Å². The van der Waals surface area contributed by atoms with Gasteiger partial charge in [0.15, 0.2) is 0 Å². The van der Waals surface area contributed by atoms with Crippen molar-refractivity contribution in [3.63, 3.8) is 0 Å². The zero-order valence-corrected chi connectivity index (χ0v) is 11.1. The predicted octanol–water partition coefficient (Wildman–Crippen LogP) is 0.716. The van der Waals surface area contributed by atoms with Crippen LogP contribution in [0, 0.1) is 5.41 Å². The number of hydrogen-bond donors (Lipinski definition) is 2. The van der Waals surface area contributed by atoms with Crippen molar-refractivity contribution < 1.29 is 4.79 Å². The molecule has 1 heterocycles. The maximum atomic E-state index is 11.9. The van der Waals surface area contributed by atoms with Gasteiger partial charge in [0.25, 0.3) is 0 Å². The number of hydrogen-bond acceptors (Lipinski definition) is 3. The van der Waals surface area contributed by atoms with E-state index in [2.05, 4.69) is 24.1 Å². The number of carbonyl (C=O) groups excluding carboxylic acids is 1. The molecule has 0 aromatic rings. The van der Waals surface area contributed by atoms with Crippen molar-refractivity contribution in [1.82, 2.24) is 10.2 Å². The molecule has 0 aromatic heterocycles. The second-order valence-electron chi connectivity index (χ2n) is 6.30. The van der Waals surface area contributed by atoms with Gasteiger partial charge in [-0.3, -0.25) is 9.69 Å². The molecule has 4 heteroatoms. The summed E-state index contributed by atoms with van der Waals surface area (Å²) in [6.07, 6.45) is 4.05. The molecule has 1 amide bonds. The quantitative estimate of drug-likeness (QED) is 0.746. The van der Waals surface area contributed by atoms with Crippen LogP contribution in [0.4, 0.5) is 0 Å². The van der Waals surface area contributed by atoms with E-state index < -0.39 is 0 Å². The van der Waals surface area contributed by atoms with Crippen molar-refractivity contribution in [3.05, 3.63) is 0 Å². The molecule has 1 aliphatic heterocycles. The van der Waals surface area contributed by atoms with E-state index >= 15 is 0 Å². The Balaban J connectivity index is 2.13. The van der Waals surface area contributed by atoms with E-state index in [0.717, 1.165) is 51.9 Å². The summed E-state index contributed by atoms with van der Waals surface area (Å²) < 4.78 is 0. The smallest absolute Gasteiger partial charge is 0.237 e. The molecule has 0 radical (unpaired) electrons. The monoisotopic (exact) mass is 239 g/mol. The van der Waals surface area contributed by atoms with Gasteiger partial charge in [0.1, 0.15) is 5.54 Å². The fraction of sp³-hybridized carbons (Fsp3) is 0.923. The van der Waals surface area contributed by atoms with Crippen molar-refractivity contribution in [1.29, 1.82) is 0 Å². The van der Waals surface area contributed by atoms with Gasteiger partial charge in [-0.25, -0.2) is 0 Å². The summed E-state index contributed by atoms with van der Waals surface area (Å²) in [5.41, 5.74) is 5.73. The van der Waals surface area contributed by atoms with Crippen LogP contribution in [0.25, 0.3) is 0 Å². The Kier molecular flexibility index (Phi) is 3.46. The molecule has 17 heavy (non-hydrogen) atoms. The molecule has 0 unspecified atom stereocenters. The van der Waals surface area contributed by atoms with Crippen LogP contribution in [0.5, 0.6) is 0 Å². The van der Waals surface area contributed by atoms with E-state index in [0.29, 0.717) is 5.41 Å². The molecule has 0 aromatic carbocycles. The maximum absolute atomic E-state index is 11.9. The molecule has 1 aliphatic carbocycles. The molecule has 0 bridgehead atoms. The lowest BCUT2D eigenvalue weighted by Crippen LogP contribution is -2.63. The largest absolute Gasteiger partial charge is 0.368 e. The Hall–Kier alpha value is -0.610. The summed E-state index contributed by atoms with van der Waals surface area (Å²) in [7, 11) is 0. The molecule has 0 spiro atoms. The Morgan fingerprint density at radius 2 is 1.65 bits per heavy atom. The van der Waals surface area contributed by atoms with Gasteiger partial charge >= 0.3 is 0 Å². The minimum atomic E-state index is -0.363. The number of nitrogens with one attached hydrogen (secondary N) is 1. The lowest BCUT2D eigenvalue weighted by atomic mass is 9.68. The third-order valence-electron chi connectivity index (χ3n) is 4.61. The topological polar surface area (TPSA) is 58.4 Å². The average Bonchev–Trinajstić information content (AvgIpc) is 2.30. The summed E-state index contributed by atoms with van der Waals surface area (Å²) in [6, 6.07) is 0. The zero-order chi connectivity index (χ0) is 12.5. The summed E-state index contributed by atoms with van der Waals surface area (Å²) in [5.74, 6) is -0.116. The van der Waals surface area contributed by atoms with Gasteiger partial charge in [0.2, 0.25) is 5.91 Å². The summed E-state index contributed by atoms with van der Waals surface area (Å²) in [5, 5.41) is 3.33. The number of primary amides is 1. The van der Waals surface area contributed by atoms with Gasteiger partial charge in [-0.05, 0) is 31.1 Å². The van der Waals surface area contributed by atoms with E-state index in [1.54, 1.807) is 0 Å². The molecular weight excluding hydrogens is 214 g/mol. The number of rotatable bonds is 2. The highest BCUT2D eigenvalue weighted by molar-refractivity contribution is 5.84. The van der Waals surface area contributed by atoms with Crippen molar-refractivity contribution >= 4 is 5.91 Å². The first kappa shape index (κ1) is 12.8. The zero-order valence-electron chi connectivity index (χ0n) is 11.1. The fourth-order valence-electron chi connectivity index (χ4n) is 3.15. The van der Waals surface area contributed by atoms with E-state index in [4.69, 9.17) is 5.73 Å². The van der Waals surface area contributed by atoms with Gasteiger partial charge in [0, 0.05) is 26.2 Å². The Bertz CT molecular complexity index is 285.